The van der Waals surface area contributed by atoms with Gasteiger partial charge in [0.1, 0.15) is 6.10 Å². The fourth-order valence-electron chi connectivity index (χ4n) is 2.22. The molecular weight excluding hydrogens is 218 g/mol. The smallest absolute Gasteiger partial charge is 0.309 e. The number of rotatable bonds is 4. The largest absolute Gasteiger partial charge is 0.462 e. The van der Waals surface area contributed by atoms with Crippen LogP contribution in [0.4, 0.5) is 0 Å². The van der Waals surface area contributed by atoms with Crippen LogP contribution in [0.15, 0.2) is 0 Å². The second-order valence-electron chi connectivity index (χ2n) is 5.76. The maximum absolute atomic E-state index is 11.6. The van der Waals surface area contributed by atoms with Crippen LogP contribution in [0, 0.1) is 11.8 Å². The van der Waals surface area contributed by atoms with Gasteiger partial charge < -0.3 is 15.6 Å². The van der Waals surface area contributed by atoms with Crippen molar-refractivity contribution in [3.8, 4) is 0 Å². The van der Waals surface area contributed by atoms with Crippen molar-refractivity contribution in [1.29, 1.82) is 0 Å². The zero-order valence-corrected chi connectivity index (χ0v) is 11.1. The molecule has 0 aromatic heterocycles. The molecule has 0 aromatic carbocycles. The molecule has 100 valence electrons. The highest BCUT2D eigenvalue weighted by atomic mass is 16.5. The van der Waals surface area contributed by atoms with Crippen molar-refractivity contribution in [3.05, 3.63) is 0 Å². The molecule has 0 spiro atoms. The molecule has 3 N–H and O–H groups in total. The van der Waals surface area contributed by atoms with Gasteiger partial charge in [-0.1, -0.05) is 13.8 Å². The first kappa shape index (κ1) is 14.5. The number of hydrogen-bond acceptors (Lipinski definition) is 4. The Kier molecular flexibility index (Phi) is 4.95. The fourth-order valence-corrected chi connectivity index (χ4v) is 2.22. The summed E-state index contributed by atoms with van der Waals surface area (Å²) in [6.07, 6.45) is 2.96. The summed E-state index contributed by atoms with van der Waals surface area (Å²) < 4.78 is 5.39. The van der Waals surface area contributed by atoms with E-state index >= 15 is 0 Å². The highest BCUT2D eigenvalue weighted by Gasteiger charge is 2.29. The number of carbonyl (C=O) groups is 1. The summed E-state index contributed by atoms with van der Waals surface area (Å²) in [6.45, 7) is 6.06. The molecule has 1 aliphatic rings. The minimum atomic E-state index is -1.15. The van der Waals surface area contributed by atoms with Gasteiger partial charge in [-0.3, -0.25) is 4.79 Å². The van der Waals surface area contributed by atoms with E-state index in [2.05, 4.69) is 13.8 Å². The van der Waals surface area contributed by atoms with Gasteiger partial charge in [-0.05, 0) is 38.0 Å². The first-order chi connectivity index (χ1) is 7.84. The lowest BCUT2D eigenvalue weighted by atomic mass is 9.80. The molecule has 0 bridgehead atoms. The van der Waals surface area contributed by atoms with Crippen LogP contribution < -0.4 is 5.73 Å². The van der Waals surface area contributed by atoms with Gasteiger partial charge in [-0.15, -0.1) is 0 Å². The summed E-state index contributed by atoms with van der Waals surface area (Å²) in [4.78, 5) is 11.6. The fraction of sp³-hybridized carbons (Fsp3) is 0.923. The van der Waals surface area contributed by atoms with Gasteiger partial charge in [0.25, 0.3) is 0 Å². The molecule has 4 unspecified atom stereocenters. The van der Waals surface area contributed by atoms with E-state index in [0.717, 1.165) is 19.3 Å². The highest BCUT2D eigenvalue weighted by Crippen LogP contribution is 2.31. The van der Waals surface area contributed by atoms with Crippen molar-refractivity contribution in [2.75, 3.05) is 6.54 Å². The van der Waals surface area contributed by atoms with E-state index in [9.17, 15) is 9.90 Å². The first-order valence-corrected chi connectivity index (χ1v) is 6.46. The molecule has 0 aromatic rings. The van der Waals surface area contributed by atoms with Crippen molar-refractivity contribution in [2.45, 2.75) is 58.2 Å². The Bertz CT molecular complexity index is 265. The van der Waals surface area contributed by atoms with Crippen LogP contribution in [0.1, 0.15) is 46.5 Å². The average Bonchev–Trinajstić information content (AvgIpc) is 2.23. The molecular formula is C13H25NO3. The molecule has 1 aliphatic carbocycles. The zero-order chi connectivity index (χ0) is 13.1. The first-order valence-electron chi connectivity index (χ1n) is 6.46. The summed E-state index contributed by atoms with van der Waals surface area (Å²) in [5, 5.41) is 9.69. The molecule has 1 saturated carbocycles. The van der Waals surface area contributed by atoms with E-state index in [1.807, 2.05) is 0 Å². The third-order valence-electron chi connectivity index (χ3n) is 3.81. The maximum atomic E-state index is 11.6. The predicted octanol–water partition coefficient (Wildman–Crippen LogP) is 1.45. The van der Waals surface area contributed by atoms with Gasteiger partial charge in [-0.2, -0.15) is 0 Å². The van der Waals surface area contributed by atoms with Crippen molar-refractivity contribution in [1.82, 2.24) is 0 Å². The minimum absolute atomic E-state index is 0.0160. The lowest BCUT2D eigenvalue weighted by molar-refractivity contribution is -0.156. The van der Waals surface area contributed by atoms with Crippen molar-refractivity contribution >= 4 is 5.97 Å². The molecule has 0 radical (unpaired) electrons. The van der Waals surface area contributed by atoms with Crippen molar-refractivity contribution < 1.29 is 14.6 Å². The number of esters is 1. The summed E-state index contributed by atoms with van der Waals surface area (Å²) in [5.74, 6) is 0.959. The van der Waals surface area contributed by atoms with Gasteiger partial charge in [-0.25, -0.2) is 0 Å². The highest BCUT2D eigenvalue weighted by molar-refractivity contribution is 5.70. The average molecular weight is 243 g/mol. The van der Waals surface area contributed by atoms with E-state index < -0.39 is 5.60 Å². The summed E-state index contributed by atoms with van der Waals surface area (Å²) in [7, 11) is 0. The third-order valence-corrected chi connectivity index (χ3v) is 3.81. The van der Waals surface area contributed by atoms with Gasteiger partial charge in [0.15, 0.2) is 0 Å². The molecule has 0 saturated heterocycles. The molecule has 0 amide bonds. The van der Waals surface area contributed by atoms with Gasteiger partial charge in [0.2, 0.25) is 0 Å². The Morgan fingerprint density at radius 1 is 1.41 bits per heavy atom. The van der Waals surface area contributed by atoms with Crippen molar-refractivity contribution in [3.63, 3.8) is 0 Å². The van der Waals surface area contributed by atoms with Crippen LogP contribution >= 0.6 is 0 Å². The molecule has 4 heteroatoms. The van der Waals surface area contributed by atoms with E-state index in [4.69, 9.17) is 10.5 Å². The second kappa shape index (κ2) is 5.83. The number of carbonyl (C=O) groups excluding carboxylic acids is 1. The maximum Gasteiger partial charge on any atom is 0.309 e. The zero-order valence-electron chi connectivity index (χ0n) is 11.1. The SMILES string of the molecule is CC1CCC(OC(=O)CC(C)(O)CN)CC1C. The third kappa shape index (κ3) is 4.64. The Morgan fingerprint density at radius 3 is 2.59 bits per heavy atom. The molecule has 1 fully saturated rings. The lowest BCUT2D eigenvalue weighted by Crippen LogP contribution is -2.38. The molecule has 1 rings (SSSR count). The van der Waals surface area contributed by atoms with Gasteiger partial charge in [0, 0.05) is 6.54 Å². The van der Waals surface area contributed by atoms with Gasteiger partial charge >= 0.3 is 5.97 Å². The minimum Gasteiger partial charge on any atom is -0.462 e. The van der Waals surface area contributed by atoms with E-state index in [-0.39, 0.29) is 25.0 Å². The molecule has 0 heterocycles. The van der Waals surface area contributed by atoms with Crippen LogP contribution in [-0.2, 0) is 9.53 Å². The molecule has 4 nitrogen and oxygen atoms in total. The van der Waals surface area contributed by atoms with Gasteiger partial charge in [0.05, 0.1) is 12.0 Å². The number of aliphatic hydroxyl groups is 1. The second-order valence-corrected chi connectivity index (χ2v) is 5.76. The Hall–Kier alpha value is -0.610. The Balaban J connectivity index is 2.37. The lowest BCUT2D eigenvalue weighted by Gasteiger charge is -2.32. The quantitative estimate of drug-likeness (QED) is 0.733. The summed E-state index contributed by atoms with van der Waals surface area (Å²) in [5.41, 5.74) is 4.22. The van der Waals surface area contributed by atoms with Crippen LogP contribution in [0.25, 0.3) is 0 Å². The monoisotopic (exact) mass is 243 g/mol. The van der Waals surface area contributed by atoms with E-state index in [1.165, 1.54) is 0 Å². The van der Waals surface area contributed by atoms with Crippen LogP contribution in [-0.4, -0.2) is 29.3 Å². The molecule has 4 atom stereocenters. The van der Waals surface area contributed by atoms with Crippen LogP contribution in [0.3, 0.4) is 0 Å². The van der Waals surface area contributed by atoms with Crippen molar-refractivity contribution in [2.24, 2.45) is 17.6 Å². The number of ether oxygens (including phenoxy) is 1. The molecule has 17 heavy (non-hydrogen) atoms. The normalized spacial score (nSPS) is 32.9. The predicted molar refractivity (Wildman–Crippen MR) is 66.4 cm³/mol. The van der Waals surface area contributed by atoms with E-state index in [1.54, 1.807) is 6.92 Å². The summed E-state index contributed by atoms with van der Waals surface area (Å²) in [6, 6.07) is 0. The number of nitrogens with two attached hydrogens (primary N) is 1. The Labute approximate surface area is 104 Å². The number of hydrogen-bond donors (Lipinski definition) is 2. The topological polar surface area (TPSA) is 72.5 Å². The van der Waals surface area contributed by atoms with Crippen LogP contribution in [0.5, 0.6) is 0 Å². The Morgan fingerprint density at radius 2 is 2.06 bits per heavy atom. The molecule has 0 aliphatic heterocycles. The summed E-state index contributed by atoms with van der Waals surface area (Å²) >= 11 is 0. The van der Waals surface area contributed by atoms with E-state index in [0.29, 0.717) is 11.8 Å². The standard InChI is InChI=1S/C13H25NO3/c1-9-4-5-11(6-10(9)2)17-12(15)7-13(3,16)8-14/h9-11,16H,4-8,14H2,1-3H3. The van der Waals surface area contributed by atoms with Crippen LogP contribution in [0.2, 0.25) is 0 Å².